The van der Waals surface area contributed by atoms with E-state index >= 15 is 0 Å². The van der Waals surface area contributed by atoms with Crippen molar-refractivity contribution >= 4 is 23.1 Å². The van der Waals surface area contributed by atoms with Crippen LogP contribution in [0.25, 0.3) is 17.0 Å². The highest BCUT2D eigenvalue weighted by atomic mass is 19.1. The number of hydrogen-bond acceptors (Lipinski definition) is 4. The second kappa shape index (κ2) is 8.80. The van der Waals surface area contributed by atoms with Gasteiger partial charge in [0.05, 0.1) is 10.4 Å². The molecule has 4 rings (SSSR count). The molecule has 0 bridgehead atoms. The van der Waals surface area contributed by atoms with Crippen molar-refractivity contribution in [3.8, 4) is 0 Å². The molecule has 1 saturated heterocycles. The van der Waals surface area contributed by atoms with Crippen LogP contribution in [0.15, 0.2) is 23.9 Å². The number of piperidine rings is 1. The van der Waals surface area contributed by atoms with Gasteiger partial charge >= 0.3 is 6.09 Å². The second-order valence-corrected chi connectivity index (χ2v) is 10.3. The number of carbonyl (C=O) groups excluding carboxylic acids is 1. The molecule has 2 aromatic rings. The number of carbonyl (C=O) groups is 1. The molecule has 1 aliphatic heterocycles. The van der Waals surface area contributed by atoms with Crippen molar-refractivity contribution in [2.75, 3.05) is 13.1 Å². The third kappa shape index (κ3) is 5.37. The first-order chi connectivity index (χ1) is 15.5. The lowest BCUT2D eigenvalue weighted by Crippen LogP contribution is -2.41. The average Bonchev–Trinajstić information content (AvgIpc) is 3.48. The lowest BCUT2D eigenvalue weighted by molar-refractivity contribution is -0.422. The van der Waals surface area contributed by atoms with Gasteiger partial charge < -0.3 is 14.2 Å². The third-order valence-corrected chi connectivity index (χ3v) is 6.39. The van der Waals surface area contributed by atoms with Gasteiger partial charge in [0.15, 0.2) is 0 Å². The summed E-state index contributed by atoms with van der Waals surface area (Å²) in [5.74, 6) is 0.343. The summed E-state index contributed by atoms with van der Waals surface area (Å²) < 4.78 is 22.3. The smallest absolute Gasteiger partial charge is 0.410 e. The largest absolute Gasteiger partial charge is 0.444 e. The number of amides is 1. The quantitative estimate of drug-likeness (QED) is 0.411. The van der Waals surface area contributed by atoms with Crippen LogP contribution in [0.3, 0.4) is 0 Å². The summed E-state index contributed by atoms with van der Waals surface area (Å²) >= 11 is 0. The zero-order valence-electron chi connectivity index (χ0n) is 19.8. The monoisotopic (exact) mass is 457 g/mol. The van der Waals surface area contributed by atoms with Gasteiger partial charge in [-0.2, -0.15) is 0 Å². The minimum absolute atomic E-state index is 0.0579. The van der Waals surface area contributed by atoms with Crippen LogP contribution < -0.4 is 0 Å². The van der Waals surface area contributed by atoms with E-state index in [0.717, 1.165) is 41.5 Å². The van der Waals surface area contributed by atoms with Crippen LogP contribution in [0.5, 0.6) is 0 Å². The molecule has 0 radical (unpaired) electrons. The maximum absolute atomic E-state index is 14.6. The van der Waals surface area contributed by atoms with E-state index in [2.05, 4.69) is 4.57 Å². The first-order valence-electron chi connectivity index (χ1n) is 11.6. The fraction of sp³-hybridized carbons (Fsp3) is 0.560. The molecule has 8 heteroatoms. The number of likely N-dealkylation sites (tertiary alicyclic amines) is 1. The maximum Gasteiger partial charge on any atom is 0.410 e. The van der Waals surface area contributed by atoms with E-state index in [1.165, 1.54) is 13.0 Å². The van der Waals surface area contributed by atoms with Crippen LogP contribution in [-0.2, 0) is 11.3 Å². The Hall–Kier alpha value is -2.90. The Balaban J connectivity index is 1.67. The summed E-state index contributed by atoms with van der Waals surface area (Å²) in [7, 11) is 0. The molecule has 1 aromatic carbocycles. The molecule has 2 fully saturated rings. The SMILES string of the molecule is C/C(=C\c1cc2cc(F)cc(C3CCN(C(=O)OC(C)(C)C)CC3)c2n1CC1CC1)[N+](=O)[O-]. The van der Waals surface area contributed by atoms with Gasteiger partial charge in [0.2, 0.25) is 5.70 Å². The summed E-state index contributed by atoms with van der Waals surface area (Å²) in [6.07, 6.45) is 4.97. The first kappa shape index (κ1) is 23.3. The Labute approximate surface area is 193 Å². The molecule has 1 amide bonds. The second-order valence-electron chi connectivity index (χ2n) is 10.3. The Morgan fingerprint density at radius 2 is 1.88 bits per heavy atom. The standard InChI is InChI=1S/C25H32FN3O4/c1-16(29(31)32)11-21-13-19-12-20(26)14-22(23(19)28(21)15-17-5-6-17)18-7-9-27(10-8-18)24(30)33-25(2,3)4/h11-14,17-18H,5-10,15H2,1-4H3/b16-11+. The van der Waals surface area contributed by atoms with Crippen molar-refractivity contribution < 1.29 is 18.8 Å². The van der Waals surface area contributed by atoms with Crippen LogP contribution in [0.2, 0.25) is 0 Å². The van der Waals surface area contributed by atoms with Gasteiger partial charge in [-0.25, -0.2) is 9.18 Å². The Bertz CT molecular complexity index is 1100. The molecule has 0 atom stereocenters. The lowest BCUT2D eigenvalue weighted by atomic mass is 9.88. The predicted molar refractivity (Wildman–Crippen MR) is 125 cm³/mol. The number of ether oxygens (including phenoxy) is 1. The fourth-order valence-electron chi connectivity index (χ4n) is 4.58. The van der Waals surface area contributed by atoms with Gasteiger partial charge in [0.1, 0.15) is 11.4 Å². The highest BCUT2D eigenvalue weighted by Crippen LogP contribution is 2.39. The normalized spacial score (nSPS) is 18.1. The zero-order chi connectivity index (χ0) is 23.9. The van der Waals surface area contributed by atoms with Gasteiger partial charge in [-0.15, -0.1) is 0 Å². The number of nitrogens with zero attached hydrogens (tertiary/aromatic N) is 3. The van der Waals surface area contributed by atoms with E-state index in [0.29, 0.717) is 31.8 Å². The Morgan fingerprint density at radius 1 is 1.21 bits per heavy atom. The van der Waals surface area contributed by atoms with Crippen molar-refractivity contribution in [1.82, 2.24) is 9.47 Å². The number of aromatic nitrogens is 1. The van der Waals surface area contributed by atoms with Gasteiger partial charge in [-0.1, -0.05) is 0 Å². The van der Waals surface area contributed by atoms with E-state index in [9.17, 15) is 19.3 Å². The van der Waals surface area contributed by atoms with Crippen LogP contribution in [-0.4, -0.2) is 39.2 Å². The van der Waals surface area contributed by atoms with Gasteiger partial charge in [0, 0.05) is 43.7 Å². The number of hydrogen-bond donors (Lipinski definition) is 0. The fourth-order valence-corrected chi connectivity index (χ4v) is 4.58. The average molecular weight is 458 g/mol. The highest BCUT2D eigenvalue weighted by molar-refractivity contribution is 5.87. The van der Waals surface area contributed by atoms with Crippen molar-refractivity contribution in [2.24, 2.45) is 5.92 Å². The van der Waals surface area contributed by atoms with Crippen LogP contribution in [0.1, 0.15) is 70.6 Å². The minimum Gasteiger partial charge on any atom is -0.444 e. The van der Waals surface area contributed by atoms with Crippen LogP contribution in [0.4, 0.5) is 9.18 Å². The summed E-state index contributed by atoms with van der Waals surface area (Å²) in [5.41, 5.74) is 2.14. The summed E-state index contributed by atoms with van der Waals surface area (Å²) in [5, 5.41) is 12.0. The van der Waals surface area contributed by atoms with Crippen LogP contribution >= 0.6 is 0 Å². The molecule has 0 spiro atoms. The van der Waals surface area contributed by atoms with Crippen molar-refractivity contribution in [2.45, 2.75) is 71.4 Å². The van der Waals surface area contributed by atoms with Gasteiger partial charge in [-0.3, -0.25) is 10.1 Å². The molecule has 1 aromatic heterocycles. The van der Waals surface area contributed by atoms with E-state index in [1.54, 1.807) is 17.0 Å². The lowest BCUT2D eigenvalue weighted by Gasteiger charge is -2.34. The molecule has 7 nitrogen and oxygen atoms in total. The van der Waals surface area contributed by atoms with E-state index in [-0.39, 0.29) is 23.5 Å². The number of halogens is 1. The number of fused-ring (bicyclic) bond motifs is 1. The Kier molecular flexibility index (Phi) is 6.20. The molecule has 33 heavy (non-hydrogen) atoms. The molecule has 178 valence electrons. The van der Waals surface area contributed by atoms with Crippen LogP contribution in [0, 0.1) is 21.8 Å². The molecular formula is C25H32FN3O4. The summed E-state index contributed by atoms with van der Waals surface area (Å²) in [4.78, 5) is 25.0. The zero-order valence-corrected chi connectivity index (χ0v) is 19.8. The number of benzene rings is 1. The summed E-state index contributed by atoms with van der Waals surface area (Å²) in [6.45, 7) is 8.90. The molecule has 2 aliphatic rings. The van der Waals surface area contributed by atoms with Crippen molar-refractivity contribution in [1.29, 1.82) is 0 Å². The van der Waals surface area contributed by atoms with Crippen molar-refractivity contribution in [3.05, 3.63) is 51.1 Å². The van der Waals surface area contributed by atoms with Crippen molar-refractivity contribution in [3.63, 3.8) is 0 Å². The minimum atomic E-state index is -0.544. The number of rotatable bonds is 5. The highest BCUT2D eigenvalue weighted by Gasteiger charge is 2.30. The maximum atomic E-state index is 14.6. The molecule has 0 unspecified atom stereocenters. The van der Waals surface area contributed by atoms with E-state index < -0.39 is 10.5 Å². The topological polar surface area (TPSA) is 77.6 Å². The molecular weight excluding hydrogens is 425 g/mol. The van der Waals surface area contributed by atoms with Gasteiger partial charge in [0.25, 0.3) is 0 Å². The molecule has 0 N–H and O–H groups in total. The third-order valence-electron chi connectivity index (χ3n) is 6.39. The first-order valence-corrected chi connectivity index (χ1v) is 11.6. The Morgan fingerprint density at radius 3 is 2.45 bits per heavy atom. The van der Waals surface area contributed by atoms with E-state index in [4.69, 9.17) is 4.74 Å². The number of nitro groups is 1. The molecule has 1 saturated carbocycles. The molecule has 2 heterocycles. The van der Waals surface area contributed by atoms with E-state index in [1.807, 2.05) is 26.8 Å². The van der Waals surface area contributed by atoms with Gasteiger partial charge in [-0.05, 0) is 82.1 Å². The number of allylic oxidation sites excluding steroid dienone is 1. The molecule has 1 aliphatic carbocycles. The predicted octanol–water partition coefficient (Wildman–Crippen LogP) is 5.94. The summed E-state index contributed by atoms with van der Waals surface area (Å²) in [6, 6.07) is 4.97.